The van der Waals surface area contributed by atoms with Gasteiger partial charge in [0.25, 0.3) is 0 Å². The molecule has 4 heteroatoms. The molecule has 0 saturated heterocycles. The van der Waals surface area contributed by atoms with Crippen LogP contribution in [0.1, 0.15) is 18.1 Å². The van der Waals surface area contributed by atoms with E-state index in [2.05, 4.69) is 5.32 Å². The molecule has 3 nitrogen and oxygen atoms in total. The Hall–Kier alpha value is -2.36. The first-order valence-electron chi connectivity index (χ1n) is 6.72. The maximum atomic E-state index is 13.4. The highest BCUT2D eigenvalue weighted by atomic mass is 19.1. The average molecular weight is 287 g/mol. The Kier molecular flexibility index (Phi) is 4.26. The Morgan fingerprint density at radius 2 is 1.90 bits per heavy atom. The molecule has 2 aromatic rings. The lowest BCUT2D eigenvalue weighted by Gasteiger charge is -2.28. The quantitative estimate of drug-likeness (QED) is 0.883. The fourth-order valence-corrected chi connectivity index (χ4v) is 2.30. The summed E-state index contributed by atoms with van der Waals surface area (Å²) < 4.78 is 13.4. The number of carboxylic acid groups (broad SMARTS) is 1. The smallest absolute Gasteiger partial charge is 0.329 e. The maximum absolute atomic E-state index is 13.4. The van der Waals surface area contributed by atoms with Gasteiger partial charge in [0.15, 0.2) is 0 Å². The summed E-state index contributed by atoms with van der Waals surface area (Å²) in [6.45, 7) is 3.37. The van der Waals surface area contributed by atoms with Crippen molar-refractivity contribution in [2.45, 2.75) is 25.8 Å². The van der Waals surface area contributed by atoms with Crippen LogP contribution in [-0.2, 0) is 11.2 Å². The first-order chi connectivity index (χ1) is 9.89. The summed E-state index contributed by atoms with van der Waals surface area (Å²) >= 11 is 0. The van der Waals surface area contributed by atoms with Crippen molar-refractivity contribution in [3.05, 3.63) is 65.5 Å². The van der Waals surface area contributed by atoms with Crippen LogP contribution in [0.3, 0.4) is 0 Å². The monoisotopic (exact) mass is 287 g/mol. The summed E-state index contributed by atoms with van der Waals surface area (Å²) in [5, 5.41) is 12.5. The Morgan fingerprint density at radius 3 is 2.48 bits per heavy atom. The summed E-state index contributed by atoms with van der Waals surface area (Å²) in [6.07, 6.45) is 0.304. The van der Waals surface area contributed by atoms with E-state index in [1.54, 1.807) is 19.9 Å². The Labute approximate surface area is 123 Å². The Bertz CT molecular complexity index is 622. The zero-order valence-corrected chi connectivity index (χ0v) is 12.1. The lowest BCUT2D eigenvalue weighted by molar-refractivity contribution is -0.141. The van der Waals surface area contributed by atoms with E-state index in [9.17, 15) is 14.3 Å². The zero-order chi connectivity index (χ0) is 15.5. The van der Waals surface area contributed by atoms with E-state index in [-0.39, 0.29) is 5.82 Å². The normalized spacial score (nSPS) is 13.5. The first-order valence-corrected chi connectivity index (χ1v) is 6.72. The highest BCUT2D eigenvalue weighted by Gasteiger charge is 2.33. The number of benzene rings is 2. The van der Waals surface area contributed by atoms with Gasteiger partial charge in [-0.1, -0.05) is 30.3 Å². The molecule has 0 saturated carbocycles. The van der Waals surface area contributed by atoms with Crippen LogP contribution in [0.4, 0.5) is 10.1 Å². The van der Waals surface area contributed by atoms with Crippen molar-refractivity contribution in [3.63, 3.8) is 0 Å². The van der Waals surface area contributed by atoms with Gasteiger partial charge in [0, 0.05) is 12.1 Å². The average Bonchev–Trinajstić information content (AvgIpc) is 2.38. The fraction of sp³-hybridized carbons (Fsp3) is 0.235. The lowest BCUT2D eigenvalue weighted by Crippen LogP contribution is -2.45. The van der Waals surface area contributed by atoms with Gasteiger partial charge >= 0.3 is 5.97 Å². The fourth-order valence-electron chi connectivity index (χ4n) is 2.30. The summed E-state index contributed by atoms with van der Waals surface area (Å²) in [4.78, 5) is 11.6. The molecule has 0 aliphatic carbocycles. The molecule has 0 radical (unpaired) electrons. The van der Waals surface area contributed by atoms with Crippen LogP contribution < -0.4 is 5.32 Å². The first kappa shape index (κ1) is 15.0. The van der Waals surface area contributed by atoms with Crippen molar-refractivity contribution < 1.29 is 14.3 Å². The minimum absolute atomic E-state index is 0.304. The van der Waals surface area contributed by atoms with Gasteiger partial charge in [0.1, 0.15) is 11.4 Å². The van der Waals surface area contributed by atoms with E-state index in [0.717, 1.165) is 11.1 Å². The number of hydrogen-bond donors (Lipinski definition) is 2. The van der Waals surface area contributed by atoms with Crippen LogP contribution >= 0.6 is 0 Å². The molecule has 1 unspecified atom stereocenters. The number of aliphatic carboxylic acids is 1. The van der Waals surface area contributed by atoms with E-state index in [1.807, 2.05) is 30.3 Å². The highest BCUT2D eigenvalue weighted by Crippen LogP contribution is 2.22. The number of hydrogen-bond acceptors (Lipinski definition) is 2. The number of carbonyl (C=O) groups is 1. The van der Waals surface area contributed by atoms with E-state index in [0.29, 0.717) is 12.1 Å². The van der Waals surface area contributed by atoms with E-state index >= 15 is 0 Å². The minimum Gasteiger partial charge on any atom is -0.480 e. The van der Waals surface area contributed by atoms with Crippen molar-refractivity contribution in [1.29, 1.82) is 0 Å². The molecule has 0 fully saturated rings. The molecule has 2 aromatic carbocycles. The second-order valence-corrected chi connectivity index (χ2v) is 5.44. The third-order valence-corrected chi connectivity index (χ3v) is 3.33. The van der Waals surface area contributed by atoms with Crippen molar-refractivity contribution in [3.8, 4) is 0 Å². The standard InChI is InChI=1S/C17H18FNO2/c1-12-8-14(18)10-15(9-12)19-17(2,16(20)21)11-13-6-4-3-5-7-13/h3-10,19H,11H2,1-2H3,(H,20,21). The zero-order valence-electron chi connectivity index (χ0n) is 12.1. The molecule has 0 aromatic heterocycles. The lowest BCUT2D eigenvalue weighted by atomic mass is 9.92. The summed E-state index contributed by atoms with van der Waals surface area (Å²) in [5.41, 5.74) is 0.906. The molecule has 2 rings (SSSR count). The molecule has 0 bridgehead atoms. The van der Waals surface area contributed by atoms with Gasteiger partial charge in [-0.15, -0.1) is 0 Å². The van der Waals surface area contributed by atoms with Crippen molar-refractivity contribution in [2.24, 2.45) is 0 Å². The van der Waals surface area contributed by atoms with Crippen LogP contribution in [0.25, 0.3) is 0 Å². The SMILES string of the molecule is Cc1cc(F)cc(NC(C)(Cc2ccccc2)C(=O)O)c1. The third-order valence-electron chi connectivity index (χ3n) is 3.33. The number of halogens is 1. The topological polar surface area (TPSA) is 49.3 Å². The largest absolute Gasteiger partial charge is 0.480 e. The Balaban J connectivity index is 2.27. The number of rotatable bonds is 5. The molecule has 110 valence electrons. The second-order valence-electron chi connectivity index (χ2n) is 5.44. The van der Waals surface area contributed by atoms with Gasteiger partial charge < -0.3 is 10.4 Å². The van der Waals surface area contributed by atoms with Crippen LogP contribution in [0.5, 0.6) is 0 Å². The molecule has 1 atom stereocenters. The van der Waals surface area contributed by atoms with Crippen molar-refractivity contribution >= 4 is 11.7 Å². The molecule has 21 heavy (non-hydrogen) atoms. The number of nitrogens with one attached hydrogen (secondary N) is 1. The van der Waals surface area contributed by atoms with Gasteiger partial charge in [-0.2, -0.15) is 0 Å². The van der Waals surface area contributed by atoms with E-state index < -0.39 is 11.5 Å². The highest BCUT2D eigenvalue weighted by molar-refractivity contribution is 5.82. The number of carboxylic acids is 1. The van der Waals surface area contributed by atoms with E-state index in [4.69, 9.17) is 0 Å². The van der Waals surface area contributed by atoms with Gasteiger partial charge in [-0.05, 0) is 43.2 Å². The van der Waals surface area contributed by atoms with Crippen molar-refractivity contribution in [1.82, 2.24) is 0 Å². The van der Waals surface area contributed by atoms with Gasteiger partial charge in [-0.3, -0.25) is 0 Å². The summed E-state index contributed by atoms with van der Waals surface area (Å²) in [6, 6.07) is 13.8. The molecule has 0 aliphatic rings. The van der Waals surface area contributed by atoms with Crippen LogP contribution in [0.2, 0.25) is 0 Å². The third kappa shape index (κ3) is 3.81. The minimum atomic E-state index is -1.21. The van der Waals surface area contributed by atoms with Crippen LogP contribution in [-0.4, -0.2) is 16.6 Å². The van der Waals surface area contributed by atoms with Gasteiger partial charge in [0.05, 0.1) is 0 Å². The predicted molar refractivity (Wildman–Crippen MR) is 80.9 cm³/mol. The molecule has 0 amide bonds. The molecule has 0 aliphatic heterocycles. The van der Waals surface area contributed by atoms with Crippen molar-refractivity contribution in [2.75, 3.05) is 5.32 Å². The van der Waals surface area contributed by atoms with Crippen LogP contribution in [0, 0.1) is 12.7 Å². The number of aryl methyl sites for hydroxylation is 1. The van der Waals surface area contributed by atoms with Gasteiger partial charge in [0.2, 0.25) is 0 Å². The predicted octanol–water partition coefficient (Wildman–Crippen LogP) is 3.63. The number of anilines is 1. The van der Waals surface area contributed by atoms with Gasteiger partial charge in [-0.25, -0.2) is 9.18 Å². The summed E-state index contributed by atoms with van der Waals surface area (Å²) in [5.74, 6) is -1.36. The molecule has 0 heterocycles. The van der Waals surface area contributed by atoms with E-state index in [1.165, 1.54) is 12.1 Å². The molecule has 0 spiro atoms. The Morgan fingerprint density at radius 1 is 1.24 bits per heavy atom. The maximum Gasteiger partial charge on any atom is 0.329 e. The molecule has 2 N–H and O–H groups in total. The molecular formula is C17H18FNO2. The van der Waals surface area contributed by atoms with Crippen LogP contribution in [0.15, 0.2) is 48.5 Å². The second kappa shape index (κ2) is 5.95. The summed E-state index contributed by atoms with van der Waals surface area (Å²) in [7, 11) is 0. The molecular weight excluding hydrogens is 269 g/mol.